The van der Waals surface area contributed by atoms with Crippen molar-refractivity contribution in [2.45, 2.75) is 15.5 Å². The van der Waals surface area contributed by atoms with Crippen LogP contribution in [0, 0.1) is 11.6 Å². The van der Waals surface area contributed by atoms with Gasteiger partial charge in [0.2, 0.25) is 0 Å². The molecule has 8 rings (SSSR count). The van der Waals surface area contributed by atoms with Gasteiger partial charge in [-0.3, -0.25) is 18.7 Å². The van der Waals surface area contributed by atoms with Crippen LogP contribution in [0.1, 0.15) is 5.69 Å². The molecular formula is C37H26Br2ClF2N7O10S2. The molecule has 8 aromatic rings. The summed E-state index contributed by atoms with van der Waals surface area (Å²) in [4.78, 5) is 32.8. The number of sulfone groups is 1. The molecule has 0 radical (unpaired) electrons. The fraction of sp³-hybridized carbons (Fsp3) is 0.0811. The van der Waals surface area contributed by atoms with E-state index in [-0.39, 0.29) is 69.6 Å². The molecule has 24 heteroatoms. The second-order valence-corrected chi connectivity index (χ2v) is 18.4. The number of methoxy groups -OCH3 is 2. The van der Waals surface area contributed by atoms with E-state index in [0.717, 1.165) is 24.5 Å². The molecule has 4 aromatic carbocycles. The van der Waals surface area contributed by atoms with Gasteiger partial charge in [-0.1, -0.05) is 10.3 Å². The van der Waals surface area contributed by atoms with Crippen LogP contribution in [0.5, 0.6) is 11.5 Å². The van der Waals surface area contributed by atoms with Crippen LogP contribution in [0.4, 0.5) is 14.6 Å². The number of nitrogens with zero attached hydrogens (tertiary/aromatic N) is 6. The normalized spacial score (nSPS) is 11.4. The summed E-state index contributed by atoms with van der Waals surface area (Å²) in [7, 11) is 0.432. The zero-order valence-corrected chi connectivity index (χ0v) is 36.6. The lowest BCUT2D eigenvalue weighted by atomic mass is 10.2. The summed E-state index contributed by atoms with van der Waals surface area (Å²) in [5, 5.41) is 6.94. The van der Waals surface area contributed by atoms with E-state index < -0.39 is 41.6 Å². The molecule has 0 aliphatic carbocycles. The largest absolute Gasteiger partial charge is 0.495 e. The van der Waals surface area contributed by atoms with Crippen LogP contribution in [0.15, 0.2) is 135 Å². The zero-order valence-electron chi connectivity index (χ0n) is 31.0. The number of aromatic nitrogens is 6. The maximum Gasteiger partial charge on any atom is 0.274 e. The van der Waals surface area contributed by atoms with Gasteiger partial charge in [-0.15, -0.1) is 0 Å². The van der Waals surface area contributed by atoms with Crippen molar-refractivity contribution in [1.82, 2.24) is 29.4 Å². The van der Waals surface area contributed by atoms with Crippen molar-refractivity contribution >= 4 is 89.3 Å². The summed E-state index contributed by atoms with van der Waals surface area (Å²) in [5.74, 6) is -0.602. The SMILES string of the molecule is COc1cc(Br)c(F)cc1-n1c(=O)cnc2cc(S(=O)(=O)Cc3ccon3)ccc21.COc1cc(Br)c(F)cc1-n1c(=O)cnc2cc(S(=O)(=O)Cl)ccc21.Nc1ccon1. The number of ether oxygens (including phenoxy) is 2. The number of hydrogen-bond donors (Lipinski definition) is 1. The summed E-state index contributed by atoms with van der Waals surface area (Å²) in [6.45, 7) is 0. The van der Waals surface area contributed by atoms with Crippen LogP contribution in [0.25, 0.3) is 33.4 Å². The lowest BCUT2D eigenvalue weighted by molar-refractivity contribution is 0.411. The van der Waals surface area contributed by atoms with Gasteiger partial charge in [-0.2, -0.15) is 0 Å². The van der Waals surface area contributed by atoms with Gasteiger partial charge in [-0.25, -0.2) is 35.6 Å². The van der Waals surface area contributed by atoms with Gasteiger partial charge in [0, 0.05) is 34.9 Å². The quantitative estimate of drug-likeness (QED) is 0.155. The molecule has 0 spiro atoms. The van der Waals surface area contributed by atoms with Crippen molar-refractivity contribution in [3.8, 4) is 22.9 Å². The third-order valence-electron chi connectivity index (χ3n) is 8.30. The molecule has 0 saturated carbocycles. The Morgan fingerprint density at radius 2 is 1.18 bits per heavy atom. The third kappa shape index (κ3) is 9.97. The maximum absolute atomic E-state index is 14.2. The van der Waals surface area contributed by atoms with Gasteiger partial charge >= 0.3 is 0 Å². The van der Waals surface area contributed by atoms with Crippen LogP contribution < -0.4 is 26.3 Å². The number of halogens is 5. The number of fused-ring (bicyclic) bond motifs is 2. The number of benzene rings is 4. The Morgan fingerprint density at radius 3 is 1.59 bits per heavy atom. The number of rotatable bonds is 8. The van der Waals surface area contributed by atoms with Crippen LogP contribution in [0.2, 0.25) is 0 Å². The fourth-order valence-corrected chi connectivity index (χ4v) is 8.25. The highest BCUT2D eigenvalue weighted by atomic mass is 79.9. The van der Waals surface area contributed by atoms with E-state index >= 15 is 0 Å². The van der Waals surface area contributed by atoms with Gasteiger partial charge in [0.1, 0.15) is 41.4 Å². The molecule has 4 aromatic heterocycles. The third-order valence-corrected chi connectivity index (χ3v) is 12.5. The number of hydrogen-bond acceptors (Lipinski definition) is 15. The molecule has 316 valence electrons. The molecule has 0 fully saturated rings. The van der Waals surface area contributed by atoms with E-state index in [2.05, 4.69) is 61.2 Å². The van der Waals surface area contributed by atoms with Gasteiger partial charge in [0.25, 0.3) is 20.2 Å². The standard InChI is InChI=1S/C19H13BrFN3O5S.C15H9BrClFN2O4S.C3H4N2O/c1-28-18-7-13(20)14(21)8-17(18)24-16-3-2-12(6-15(16)22-9-19(24)25)30(26,27)10-11-4-5-29-23-11;1-24-14-5-9(16)10(18)6-13(14)20-12-3-2-8(25(17,22)23)4-11(12)19-7-15(20)21;4-3-1-2-6-5-3/h2-9H,10H2,1H3;2-7H,1H3;1-2H,(H2,4,5). The highest BCUT2D eigenvalue weighted by molar-refractivity contribution is 9.10. The fourth-order valence-electron chi connectivity index (χ4n) is 5.56. The molecule has 0 aliphatic rings. The van der Waals surface area contributed by atoms with Crippen molar-refractivity contribution in [2.24, 2.45) is 0 Å². The lowest BCUT2D eigenvalue weighted by Gasteiger charge is -2.14. The van der Waals surface area contributed by atoms with E-state index in [4.69, 9.17) is 25.9 Å². The summed E-state index contributed by atoms with van der Waals surface area (Å²) in [5.41, 5.74) is 5.60. The van der Waals surface area contributed by atoms with Crippen molar-refractivity contribution < 1.29 is 44.1 Å². The lowest BCUT2D eigenvalue weighted by Crippen LogP contribution is -2.20. The van der Waals surface area contributed by atoms with E-state index in [1.165, 1.54) is 90.5 Å². The number of nitrogen functional groups attached to an aromatic ring is 1. The smallest absolute Gasteiger partial charge is 0.274 e. The second-order valence-electron chi connectivity index (χ2n) is 12.2. The Balaban J connectivity index is 0.000000181. The van der Waals surface area contributed by atoms with Crippen molar-refractivity contribution in [2.75, 3.05) is 20.0 Å². The first-order valence-electron chi connectivity index (χ1n) is 16.7. The van der Waals surface area contributed by atoms with Crippen LogP contribution in [-0.4, -0.2) is 60.5 Å². The molecule has 61 heavy (non-hydrogen) atoms. The highest BCUT2D eigenvalue weighted by Crippen LogP contribution is 2.32. The topological polar surface area (TPSA) is 235 Å². The average molecular weight is 1030 g/mol. The van der Waals surface area contributed by atoms with Crippen LogP contribution in [-0.2, 0) is 24.6 Å². The van der Waals surface area contributed by atoms with E-state index in [0.29, 0.717) is 11.3 Å². The van der Waals surface area contributed by atoms with Gasteiger partial charge in [0.05, 0.1) is 84.5 Å². The minimum absolute atomic E-state index is 0.00431. The molecule has 0 saturated heterocycles. The monoisotopic (exact) mass is 1020 g/mol. The van der Waals surface area contributed by atoms with Gasteiger partial charge < -0.3 is 24.3 Å². The average Bonchev–Trinajstić information content (AvgIpc) is 3.93. The summed E-state index contributed by atoms with van der Waals surface area (Å²) >= 11 is 6.14. The summed E-state index contributed by atoms with van der Waals surface area (Å²) < 4.78 is 98.8. The second kappa shape index (κ2) is 18.3. The summed E-state index contributed by atoms with van der Waals surface area (Å²) in [6, 6.07) is 16.1. The molecular weight excluding hydrogens is 1000 g/mol. The van der Waals surface area contributed by atoms with Crippen molar-refractivity contribution in [1.29, 1.82) is 0 Å². The van der Waals surface area contributed by atoms with E-state index in [1.54, 1.807) is 6.07 Å². The molecule has 0 amide bonds. The Labute approximate surface area is 363 Å². The predicted octanol–water partition coefficient (Wildman–Crippen LogP) is 6.74. The molecule has 17 nitrogen and oxygen atoms in total. The van der Waals surface area contributed by atoms with E-state index in [9.17, 15) is 35.2 Å². The number of nitrogens with two attached hydrogens (primary N) is 1. The van der Waals surface area contributed by atoms with Crippen molar-refractivity contribution in [3.05, 3.63) is 145 Å². The Hall–Kier alpha value is -6.01. The highest BCUT2D eigenvalue weighted by Gasteiger charge is 2.21. The zero-order chi connectivity index (χ0) is 44.2. The van der Waals surface area contributed by atoms with Crippen LogP contribution in [0.3, 0.4) is 0 Å². The molecule has 4 heterocycles. The first-order chi connectivity index (χ1) is 28.9. The molecule has 0 unspecified atom stereocenters. The maximum atomic E-state index is 14.2. The van der Waals surface area contributed by atoms with Gasteiger partial charge in [-0.05, 0) is 80.4 Å². The Morgan fingerprint density at radius 1 is 0.705 bits per heavy atom. The predicted molar refractivity (Wildman–Crippen MR) is 224 cm³/mol. The Bertz CT molecular complexity index is 3270. The van der Waals surface area contributed by atoms with Gasteiger partial charge in [0.15, 0.2) is 15.7 Å². The molecule has 0 bridgehead atoms. The number of anilines is 1. The first kappa shape index (κ1) is 44.5. The minimum Gasteiger partial charge on any atom is -0.495 e. The van der Waals surface area contributed by atoms with Crippen LogP contribution >= 0.6 is 42.5 Å². The Kier molecular flexibility index (Phi) is 13.4. The molecule has 0 atom stereocenters. The van der Waals surface area contributed by atoms with Crippen molar-refractivity contribution in [3.63, 3.8) is 0 Å². The summed E-state index contributed by atoms with van der Waals surface area (Å²) in [6.07, 6.45) is 4.76. The molecule has 0 aliphatic heterocycles. The molecule has 2 N–H and O–H groups in total. The minimum atomic E-state index is -3.95. The van der Waals surface area contributed by atoms with E-state index in [1.807, 2.05) is 0 Å². The first-order valence-corrected chi connectivity index (χ1v) is 22.3.